The lowest BCUT2D eigenvalue weighted by atomic mass is 10.1. The van der Waals surface area contributed by atoms with E-state index >= 15 is 0 Å². The summed E-state index contributed by atoms with van der Waals surface area (Å²) in [5.41, 5.74) is -0.129. The van der Waals surface area contributed by atoms with E-state index < -0.39 is 23.5 Å². The van der Waals surface area contributed by atoms with Gasteiger partial charge in [-0.05, 0) is 68.5 Å². The highest BCUT2D eigenvalue weighted by Gasteiger charge is 2.30. The Hall–Kier alpha value is -1.20. The molecule has 0 aliphatic rings. The number of ether oxygens (including phenoxy) is 1. The van der Waals surface area contributed by atoms with Gasteiger partial charge in [-0.2, -0.15) is 0 Å². The van der Waals surface area contributed by atoms with Gasteiger partial charge in [-0.1, -0.05) is 39.5 Å². The van der Waals surface area contributed by atoms with E-state index in [1.54, 1.807) is 37.7 Å². The largest absolute Gasteiger partial charge is 0.522 e. The highest BCUT2D eigenvalue weighted by Crippen LogP contribution is 2.30. The molecule has 1 N–H and O–H groups in total. The number of fused-ring (bicyclic) bond motifs is 1. The number of aryl methyl sites for hydroxylation is 1. The fourth-order valence-electron chi connectivity index (χ4n) is 3.91. The summed E-state index contributed by atoms with van der Waals surface area (Å²) in [6.07, 6.45) is 2.43. The van der Waals surface area contributed by atoms with Crippen molar-refractivity contribution >= 4 is 34.8 Å². The molecule has 1 aromatic carbocycles. The molecule has 204 valence electrons. The third kappa shape index (κ3) is 11.5. The van der Waals surface area contributed by atoms with Gasteiger partial charge in [-0.3, -0.25) is 4.74 Å². The van der Waals surface area contributed by atoms with Gasteiger partial charge in [0.15, 0.2) is 0 Å². The number of thioether (sulfide) groups is 1. The summed E-state index contributed by atoms with van der Waals surface area (Å²) in [7, 11) is 0. The maximum absolute atomic E-state index is 12.3. The van der Waals surface area contributed by atoms with Gasteiger partial charge in [0.2, 0.25) is 0 Å². The Kier molecular flexibility index (Phi) is 12.6. The Balaban J connectivity index is 1.66. The molecule has 2 aromatic rings. The fraction of sp³-hybridized carbons (Fsp3) is 0.654. The molecule has 0 bridgehead atoms. The molecular weight excluding hydrogens is 513 g/mol. The van der Waals surface area contributed by atoms with E-state index in [1.807, 2.05) is 6.07 Å². The van der Waals surface area contributed by atoms with Crippen molar-refractivity contribution in [1.82, 2.24) is 0 Å². The standard InChI is InChI=1S/C26H37F3O5S2/c1-18(2)16-25(4,31)36-33-13-9-7-5-6-8-10-14-35-20-11-12-21-19(3)22(17-32-26(27,28)29)24(30)34-23(21)15-20/h11-12,15,18,31H,5-10,13-14,16-17H2,1-4H3. The third-order valence-corrected chi connectivity index (χ3v) is 7.45. The highest BCUT2D eigenvalue weighted by molar-refractivity contribution is 7.99. The van der Waals surface area contributed by atoms with Gasteiger partial charge >= 0.3 is 12.0 Å². The summed E-state index contributed by atoms with van der Waals surface area (Å²) in [5.74, 6) is 1.35. The normalized spacial score (nSPS) is 14.0. The maximum Gasteiger partial charge on any atom is 0.522 e. The molecule has 0 radical (unpaired) electrons. The van der Waals surface area contributed by atoms with Crippen LogP contribution in [0.5, 0.6) is 0 Å². The summed E-state index contributed by atoms with van der Waals surface area (Å²) in [5, 5.41) is 10.8. The zero-order chi connectivity index (χ0) is 26.8. The second-order valence-corrected chi connectivity index (χ2v) is 12.0. The topological polar surface area (TPSA) is 68.9 Å². The van der Waals surface area contributed by atoms with E-state index in [1.165, 1.54) is 12.0 Å². The van der Waals surface area contributed by atoms with Crippen molar-refractivity contribution in [2.75, 3.05) is 12.4 Å². The minimum atomic E-state index is -4.81. The Bertz CT molecular complexity index is 1010. The van der Waals surface area contributed by atoms with Crippen LogP contribution in [-0.4, -0.2) is 28.8 Å². The summed E-state index contributed by atoms with van der Waals surface area (Å²) >= 11 is 2.83. The van der Waals surface area contributed by atoms with E-state index in [0.29, 0.717) is 35.5 Å². The van der Waals surface area contributed by atoms with E-state index in [-0.39, 0.29) is 5.56 Å². The molecule has 0 spiro atoms. The number of aliphatic hydroxyl groups is 1. The summed E-state index contributed by atoms with van der Waals surface area (Å²) in [4.78, 5) is 12.3. The minimum Gasteiger partial charge on any atom is -0.422 e. The molecule has 0 saturated heterocycles. The molecule has 0 saturated carbocycles. The van der Waals surface area contributed by atoms with E-state index in [0.717, 1.165) is 49.2 Å². The summed E-state index contributed by atoms with van der Waals surface area (Å²) < 4.78 is 51.7. The van der Waals surface area contributed by atoms with Crippen molar-refractivity contribution in [3.8, 4) is 0 Å². The van der Waals surface area contributed by atoms with Gasteiger partial charge in [0.25, 0.3) is 0 Å². The van der Waals surface area contributed by atoms with Gasteiger partial charge in [-0.25, -0.2) is 4.79 Å². The Morgan fingerprint density at radius 1 is 1.08 bits per heavy atom. The Morgan fingerprint density at radius 2 is 1.75 bits per heavy atom. The molecule has 1 aromatic heterocycles. The molecule has 36 heavy (non-hydrogen) atoms. The predicted molar refractivity (Wildman–Crippen MR) is 140 cm³/mol. The molecule has 0 aliphatic heterocycles. The minimum absolute atomic E-state index is 0.122. The van der Waals surface area contributed by atoms with E-state index in [2.05, 4.69) is 18.6 Å². The number of benzene rings is 1. The zero-order valence-corrected chi connectivity index (χ0v) is 23.0. The lowest BCUT2D eigenvalue weighted by Crippen LogP contribution is -2.22. The molecule has 1 heterocycles. The molecule has 0 fully saturated rings. The number of alkyl halides is 3. The quantitative estimate of drug-likeness (QED) is 0.0747. The number of hydrogen-bond donors (Lipinski definition) is 1. The molecule has 1 atom stereocenters. The molecule has 2 rings (SSSR count). The zero-order valence-electron chi connectivity index (χ0n) is 21.4. The van der Waals surface area contributed by atoms with Crippen molar-refractivity contribution in [3.63, 3.8) is 0 Å². The number of hydrogen-bond acceptors (Lipinski definition) is 7. The van der Waals surface area contributed by atoms with Crippen LogP contribution in [0.4, 0.5) is 13.2 Å². The average Bonchev–Trinajstić information content (AvgIpc) is 2.75. The third-order valence-electron chi connectivity index (χ3n) is 5.56. The van der Waals surface area contributed by atoms with Crippen LogP contribution in [0, 0.1) is 12.8 Å². The van der Waals surface area contributed by atoms with Crippen molar-refractivity contribution in [1.29, 1.82) is 0 Å². The average molecular weight is 551 g/mol. The second kappa shape index (κ2) is 14.7. The molecular formula is C26H37F3O5S2. The lowest BCUT2D eigenvalue weighted by molar-refractivity contribution is -0.330. The van der Waals surface area contributed by atoms with Crippen molar-refractivity contribution in [2.24, 2.45) is 5.92 Å². The van der Waals surface area contributed by atoms with Gasteiger partial charge < -0.3 is 13.7 Å². The maximum atomic E-state index is 12.3. The summed E-state index contributed by atoms with van der Waals surface area (Å²) in [6.45, 7) is 7.32. The SMILES string of the molecule is Cc1c(COC(F)(F)F)c(=O)oc2cc(SCCCCCCCCOSC(C)(O)CC(C)C)ccc12. The van der Waals surface area contributed by atoms with Crippen LogP contribution in [0.3, 0.4) is 0 Å². The van der Waals surface area contributed by atoms with Crippen LogP contribution < -0.4 is 5.63 Å². The Labute approximate surface area is 219 Å². The van der Waals surface area contributed by atoms with Gasteiger partial charge in [0, 0.05) is 22.3 Å². The number of rotatable bonds is 16. The first-order chi connectivity index (χ1) is 16.9. The molecule has 5 nitrogen and oxygen atoms in total. The molecule has 10 heteroatoms. The van der Waals surface area contributed by atoms with Crippen LogP contribution in [0.15, 0.2) is 32.3 Å². The van der Waals surface area contributed by atoms with Crippen molar-refractivity contribution in [3.05, 3.63) is 39.7 Å². The molecule has 0 amide bonds. The van der Waals surface area contributed by atoms with Crippen LogP contribution in [0.25, 0.3) is 11.0 Å². The second-order valence-electron chi connectivity index (χ2n) is 9.53. The highest BCUT2D eigenvalue weighted by atomic mass is 32.2. The van der Waals surface area contributed by atoms with Gasteiger partial charge in [-0.15, -0.1) is 24.9 Å². The van der Waals surface area contributed by atoms with Crippen LogP contribution in [-0.2, 0) is 15.5 Å². The number of unbranched alkanes of at least 4 members (excludes halogenated alkanes) is 5. The monoisotopic (exact) mass is 550 g/mol. The van der Waals surface area contributed by atoms with Crippen LogP contribution in [0.2, 0.25) is 0 Å². The first-order valence-corrected chi connectivity index (χ1v) is 14.0. The molecule has 1 unspecified atom stereocenters. The number of halogens is 3. The first-order valence-electron chi connectivity index (χ1n) is 12.3. The predicted octanol–water partition coefficient (Wildman–Crippen LogP) is 7.99. The smallest absolute Gasteiger partial charge is 0.422 e. The van der Waals surface area contributed by atoms with Gasteiger partial charge in [0.05, 0.1) is 18.8 Å². The lowest BCUT2D eigenvalue weighted by Gasteiger charge is -2.23. The van der Waals surface area contributed by atoms with Crippen LogP contribution in [0.1, 0.15) is 76.8 Å². The van der Waals surface area contributed by atoms with Gasteiger partial charge in [0.1, 0.15) is 10.5 Å². The van der Waals surface area contributed by atoms with E-state index in [9.17, 15) is 23.1 Å². The van der Waals surface area contributed by atoms with E-state index in [4.69, 9.17) is 8.60 Å². The van der Waals surface area contributed by atoms with Crippen molar-refractivity contribution in [2.45, 2.75) is 95.4 Å². The van der Waals surface area contributed by atoms with Crippen molar-refractivity contribution < 1.29 is 31.6 Å². The summed E-state index contributed by atoms with van der Waals surface area (Å²) in [6, 6.07) is 5.43. The molecule has 0 aliphatic carbocycles. The first kappa shape index (κ1) is 31.0. The van der Waals surface area contributed by atoms with Crippen LogP contribution >= 0.6 is 23.8 Å². The fourth-order valence-corrected chi connectivity index (χ4v) is 5.70. The Morgan fingerprint density at radius 3 is 2.42 bits per heavy atom.